The lowest BCUT2D eigenvalue weighted by Gasteiger charge is -2.16. The lowest BCUT2D eigenvalue weighted by atomic mass is 9.97. The Morgan fingerprint density at radius 1 is 0.294 bits per heavy atom. The average molecular weight is 956 g/mol. The lowest BCUT2D eigenvalue weighted by Crippen LogP contribution is -2.21. The zero-order valence-electron chi connectivity index (χ0n) is 45.6. The molecule has 0 N–H and O–H groups in total. The SMILES string of the molecule is CCCCCCCC/C=C\CCCCCCCCOC(=O)CCC(CCC(=O)OCCCCCCCC/C=C\CCCCCCCC)C(=O)OCCCCCCCC/C=C\CCCCCCCC. The quantitative estimate of drug-likeness (QED) is 0.0262. The van der Waals surface area contributed by atoms with E-state index in [-0.39, 0.29) is 30.7 Å². The van der Waals surface area contributed by atoms with Gasteiger partial charge in [-0.05, 0) is 109 Å². The van der Waals surface area contributed by atoms with Crippen LogP contribution in [0.15, 0.2) is 36.5 Å². The molecule has 398 valence electrons. The van der Waals surface area contributed by atoms with Crippen molar-refractivity contribution >= 4 is 17.9 Å². The predicted molar refractivity (Wildman–Crippen MR) is 293 cm³/mol. The molecule has 0 amide bonds. The highest BCUT2D eigenvalue weighted by atomic mass is 16.5. The third-order valence-corrected chi connectivity index (χ3v) is 13.5. The molecule has 0 aliphatic heterocycles. The van der Waals surface area contributed by atoms with Crippen LogP contribution < -0.4 is 0 Å². The first-order valence-electron chi connectivity index (χ1n) is 30.0. The van der Waals surface area contributed by atoms with Crippen LogP contribution in [0.3, 0.4) is 0 Å². The zero-order chi connectivity index (χ0) is 49.3. The molecule has 0 bridgehead atoms. The Kier molecular flexibility index (Phi) is 55.2. The highest BCUT2D eigenvalue weighted by Crippen LogP contribution is 2.19. The molecule has 0 spiro atoms. The van der Waals surface area contributed by atoms with Gasteiger partial charge in [0.05, 0.1) is 25.7 Å². The Labute approximate surface area is 423 Å². The molecule has 0 atom stereocenters. The van der Waals surface area contributed by atoms with E-state index in [0.29, 0.717) is 32.7 Å². The average Bonchev–Trinajstić information content (AvgIpc) is 3.34. The number of carbonyl (C=O) groups is 3. The minimum absolute atomic E-state index is 0.158. The number of ether oxygens (including phenoxy) is 3. The molecular weight excluding hydrogens is 841 g/mol. The number of allylic oxidation sites excluding steroid dienone is 6. The third-order valence-electron chi connectivity index (χ3n) is 13.5. The first-order valence-corrected chi connectivity index (χ1v) is 30.0. The molecule has 6 nitrogen and oxygen atoms in total. The molecule has 0 fully saturated rings. The molecule has 0 aromatic carbocycles. The molecule has 0 saturated heterocycles. The van der Waals surface area contributed by atoms with E-state index in [0.717, 1.165) is 57.8 Å². The number of esters is 3. The van der Waals surface area contributed by atoms with Crippen molar-refractivity contribution in [3.63, 3.8) is 0 Å². The first kappa shape index (κ1) is 65.6. The summed E-state index contributed by atoms with van der Waals surface area (Å²) in [5.74, 6) is -1.36. The molecule has 0 aliphatic carbocycles. The van der Waals surface area contributed by atoms with Gasteiger partial charge in [0.25, 0.3) is 0 Å². The number of unbranched alkanes of at least 4 members (excludes halogenated alkanes) is 36. The van der Waals surface area contributed by atoms with E-state index in [9.17, 15) is 14.4 Å². The van der Waals surface area contributed by atoms with Crippen molar-refractivity contribution in [2.75, 3.05) is 19.8 Å². The largest absolute Gasteiger partial charge is 0.466 e. The van der Waals surface area contributed by atoms with Crippen molar-refractivity contribution in [2.24, 2.45) is 5.92 Å². The van der Waals surface area contributed by atoms with Gasteiger partial charge in [0.15, 0.2) is 0 Å². The molecular formula is C62H114O6. The molecule has 0 radical (unpaired) electrons. The van der Waals surface area contributed by atoms with Gasteiger partial charge in [0.2, 0.25) is 0 Å². The summed E-state index contributed by atoms with van der Waals surface area (Å²) in [6.45, 7) is 8.04. The second kappa shape index (κ2) is 57.2. The summed E-state index contributed by atoms with van der Waals surface area (Å²) in [6, 6.07) is 0. The van der Waals surface area contributed by atoms with Crippen LogP contribution in [0.25, 0.3) is 0 Å². The Balaban J connectivity index is 4.37. The van der Waals surface area contributed by atoms with Gasteiger partial charge in [0, 0.05) is 12.8 Å². The van der Waals surface area contributed by atoms with Gasteiger partial charge >= 0.3 is 17.9 Å². The Hall–Kier alpha value is -2.37. The lowest BCUT2D eigenvalue weighted by molar-refractivity contribution is -0.151. The Bertz CT molecular complexity index is 1080. The molecule has 6 heteroatoms. The second-order valence-electron chi connectivity index (χ2n) is 20.2. The van der Waals surface area contributed by atoms with Crippen LogP contribution in [-0.4, -0.2) is 37.7 Å². The summed E-state index contributed by atoms with van der Waals surface area (Å²) < 4.78 is 16.8. The van der Waals surface area contributed by atoms with Crippen molar-refractivity contribution in [1.29, 1.82) is 0 Å². The highest BCUT2D eigenvalue weighted by molar-refractivity contribution is 5.76. The van der Waals surface area contributed by atoms with E-state index in [1.807, 2.05) is 0 Å². The van der Waals surface area contributed by atoms with Crippen molar-refractivity contribution in [3.05, 3.63) is 36.5 Å². The fourth-order valence-electron chi connectivity index (χ4n) is 8.82. The molecule has 0 aromatic rings. The normalized spacial score (nSPS) is 11.8. The number of hydrogen-bond donors (Lipinski definition) is 0. The standard InChI is InChI=1S/C62H114O6/c1-4-7-10-13-16-19-22-25-28-31-34-37-40-43-46-49-56-66-60(63)54-52-59(62(65)68-58-51-48-45-42-39-36-33-30-27-24-21-18-15-12-9-6-3)53-55-61(64)67-57-50-47-44-41-38-35-32-29-26-23-20-17-14-11-8-5-2/h25-30,59H,4-24,31-58H2,1-3H3/b28-25-,29-26-,30-27-. The van der Waals surface area contributed by atoms with Gasteiger partial charge in [-0.15, -0.1) is 0 Å². The summed E-state index contributed by atoms with van der Waals surface area (Å²) in [6.07, 6.45) is 67.2. The number of carbonyl (C=O) groups excluding carboxylic acids is 3. The van der Waals surface area contributed by atoms with Crippen LogP contribution in [0.2, 0.25) is 0 Å². The van der Waals surface area contributed by atoms with E-state index in [2.05, 4.69) is 57.2 Å². The van der Waals surface area contributed by atoms with E-state index in [4.69, 9.17) is 14.2 Å². The van der Waals surface area contributed by atoms with E-state index >= 15 is 0 Å². The van der Waals surface area contributed by atoms with E-state index < -0.39 is 5.92 Å². The highest BCUT2D eigenvalue weighted by Gasteiger charge is 2.23. The molecule has 0 saturated carbocycles. The van der Waals surface area contributed by atoms with Crippen LogP contribution in [0.1, 0.15) is 316 Å². The van der Waals surface area contributed by atoms with Gasteiger partial charge in [-0.3, -0.25) is 14.4 Å². The van der Waals surface area contributed by atoms with Gasteiger partial charge in [-0.25, -0.2) is 0 Å². The summed E-state index contributed by atoms with van der Waals surface area (Å²) in [4.78, 5) is 38.6. The maximum atomic E-state index is 13.2. The molecule has 0 unspecified atom stereocenters. The summed E-state index contributed by atoms with van der Waals surface area (Å²) >= 11 is 0. The van der Waals surface area contributed by atoms with Crippen molar-refractivity contribution in [1.82, 2.24) is 0 Å². The Morgan fingerprint density at radius 2 is 0.515 bits per heavy atom. The van der Waals surface area contributed by atoms with Crippen LogP contribution in [0.4, 0.5) is 0 Å². The molecule has 0 aromatic heterocycles. The Morgan fingerprint density at radius 3 is 0.779 bits per heavy atom. The summed E-state index contributed by atoms with van der Waals surface area (Å²) in [5, 5.41) is 0. The van der Waals surface area contributed by atoms with Crippen LogP contribution in [0.5, 0.6) is 0 Å². The van der Waals surface area contributed by atoms with E-state index in [1.54, 1.807) is 0 Å². The fraction of sp³-hybridized carbons (Fsp3) is 0.855. The molecule has 0 rings (SSSR count). The van der Waals surface area contributed by atoms with Gasteiger partial charge in [-0.2, -0.15) is 0 Å². The molecule has 0 aliphatic rings. The minimum atomic E-state index is -0.514. The van der Waals surface area contributed by atoms with Crippen LogP contribution >= 0.6 is 0 Å². The van der Waals surface area contributed by atoms with Crippen molar-refractivity contribution < 1.29 is 28.6 Å². The van der Waals surface area contributed by atoms with Gasteiger partial charge < -0.3 is 14.2 Å². The molecule has 68 heavy (non-hydrogen) atoms. The van der Waals surface area contributed by atoms with Gasteiger partial charge in [0.1, 0.15) is 0 Å². The number of rotatable bonds is 55. The first-order chi connectivity index (χ1) is 33.5. The predicted octanol–water partition coefficient (Wildman–Crippen LogP) is 19.9. The minimum Gasteiger partial charge on any atom is -0.466 e. The second-order valence-corrected chi connectivity index (χ2v) is 20.2. The van der Waals surface area contributed by atoms with E-state index in [1.165, 1.54) is 212 Å². The number of hydrogen-bond acceptors (Lipinski definition) is 6. The zero-order valence-corrected chi connectivity index (χ0v) is 45.6. The van der Waals surface area contributed by atoms with Gasteiger partial charge in [-0.1, -0.05) is 231 Å². The van der Waals surface area contributed by atoms with Crippen LogP contribution in [-0.2, 0) is 28.6 Å². The molecule has 0 heterocycles. The topological polar surface area (TPSA) is 78.9 Å². The monoisotopic (exact) mass is 955 g/mol. The maximum Gasteiger partial charge on any atom is 0.308 e. The fourth-order valence-corrected chi connectivity index (χ4v) is 8.82. The third kappa shape index (κ3) is 53.0. The summed E-state index contributed by atoms with van der Waals surface area (Å²) in [5.41, 5.74) is 0. The van der Waals surface area contributed by atoms with Crippen molar-refractivity contribution in [3.8, 4) is 0 Å². The maximum absolute atomic E-state index is 13.2. The van der Waals surface area contributed by atoms with Crippen molar-refractivity contribution in [2.45, 2.75) is 316 Å². The summed E-state index contributed by atoms with van der Waals surface area (Å²) in [7, 11) is 0. The smallest absolute Gasteiger partial charge is 0.308 e. The van der Waals surface area contributed by atoms with Crippen LogP contribution in [0, 0.1) is 5.92 Å².